The van der Waals surface area contributed by atoms with Gasteiger partial charge in [-0.05, 0) is 18.4 Å². The minimum absolute atomic E-state index is 0.0123. The summed E-state index contributed by atoms with van der Waals surface area (Å²) in [7, 11) is 3.43. The molecule has 0 saturated heterocycles. The molecule has 0 aliphatic rings. The van der Waals surface area contributed by atoms with Gasteiger partial charge in [-0.25, -0.2) is 23.9 Å². The van der Waals surface area contributed by atoms with Crippen molar-refractivity contribution in [3.05, 3.63) is 70.4 Å². The van der Waals surface area contributed by atoms with E-state index in [0.29, 0.717) is 6.42 Å². The number of amides is 2. The number of esters is 3. The average molecular weight is 600 g/mol. The number of aliphatic hydroxyl groups is 1. The molecule has 3 aromatic rings. The fourth-order valence-electron chi connectivity index (χ4n) is 4.32. The smallest absolute Gasteiger partial charge is 0.360 e. The van der Waals surface area contributed by atoms with Crippen molar-refractivity contribution in [1.29, 1.82) is 0 Å². The number of hydrogen-bond acceptors (Lipinski definition) is 12. The summed E-state index contributed by atoms with van der Waals surface area (Å²) in [6, 6.07) is 7.44. The van der Waals surface area contributed by atoms with E-state index in [-0.39, 0.29) is 47.7 Å². The van der Waals surface area contributed by atoms with E-state index in [1.165, 1.54) is 24.9 Å². The van der Waals surface area contributed by atoms with Crippen LogP contribution in [0.25, 0.3) is 0 Å². The van der Waals surface area contributed by atoms with Gasteiger partial charge in [-0.3, -0.25) is 4.79 Å². The van der Waals surface area contributed by atoms with Crippen molar-refractivity contribution in [3.8, 4) is 0 Å². The fourth-order valence-corrected chi connectivity index (χ4v) is 4.32. The number of urea groups is 1. The molecule has 1 aromatic carbocycles. The molecular weight excluding hydrogens is 566 g/mol. The first-order valence-electron chi connectivity index (χ1n) is 13.1. The Labute approximate surface area is 246 Å². The third kappa shape index (κ3) is 8.48. The summed E-state index contributed by atoms with van der Waals surface area (Å²) in [5.41, 5.74) is 0.326. The van der Waals surface area contributed by atoms with Crippen LogP contribution in [0.5, 0.6) is 0 Å². The quantitative estimate of drug-likeness (QED) is 0.137. The molecule has 0 radical (unpaired) electrons. The van der Waals surface area contributed by atoms with Gasteiger partial charge in [0.2, 0.25) is 0 Å². The number of aromatic nitrogens is 3. The minimum atomic E-state index is -0.952. The lowest BCUT2D eigenvalue weighted by Gasteiger charge is -2.22. The summed E-state index contributed by atoms with van der Waals surface area (Å²) in [4.78, 5) is 61.8. The van der Waals surface area contributed by atoms with Gasteiger partial charge in [0.1, 0.15) is 16.9 Å². The number of carbonyl (C=O) groups excluding carboxylic acids is 5. The van der Waals surface area contributed by atoms with Crippen molar-refractivity contribution in [2.24, 2.45) is 0 Å². The van der Waals surface area contributed by atoms with Crippen LogP contribution in [0.15, 0.2) is 40.9 Å². The van der Waals surface area contributed by atoms with Gasteiger partial charge in [-0.2, -0.15) is 0 Å². The number of hydrogen-bond donors (Lipinski definition) is 3. The highest BCUT2D eigenvalue weighted by molar-refractivity contribution is 6.11. The molecular formula is C28H33N5O10. The zero-order valence-corrected chi connectivity index (χ0v) is 24.1. The number of Topliss-reactive ketones (excluding diaryl/α,β-unsaturated/α-hetero) is 1. The number of nitrogens with zero attached hydrogens (tertiary/aromatic N) is 3. The van der Waals surface area contributed by atoms with Crippen molar-refractivity contribution in [2.45, 2.75) is 44.8 Å². The van der Waals surface area contributed by atoms with Crippen LogP contribution < -0.4 is 10.6 Å². The predicted octanol–water partition coefficient (Wildman–Crippen LogP) is 1.34. The second-order valence-electron chi connectivity index (χ2n) is 9.38. The molecule has 0 fully saturated rings. The number of rotatable bonds is 14. The Morgan fingerprint density at radius 3 is 2.16 bits per heavy atom. The Kier molecular flexibility index (Phi) is 11.5. The zero-order valence-electron chi connectivity index (χ0n) is 24.1. The number of aryl methyl sites for hydroxylation is 1. The summed E-state index contributed by atoms with van der Waals surface area (Å²) in [6.45, 7) is 0.856. The van der Waals surface area contributed by atoms with Crippen LogP contribution in [0.1, 0.15) is 66.4 Å². The molecule has 3 rings (SSSR count). The molecule has 0 aliphatic heterocycles. The molecule has 2 amide bonds. The first kappa shape index (κ1) is 32.5. The molecule has 15 nitrogen and oxygen atoms in total. The third-order valence-electron chi connectivity index (χ3n) is 6.36. The second kappa shape index (κ2) is 15.3. The van der Waals surface area contributed by atoms with Gasteiger partial charge in [0.05, 0.1) is 52.8 Å². The van der Waals surface area contributed by atoms with Gasteiger partial charge >= 0.3 is 23.9 Å². The van der Waals surface area contributed by atoms with E-state index >= 15 is 0 Å². The topological polar surface area (TPSA) is 201 Å². The number of carbonyl (C=O) groups is 5. The molecule has 3 N–H and O–H groups in total. The Balaban J connectivity index is 1.74. The van der Waals surface area contributed by atoms with Crippen LogP contribution in [0.2, 0.25) is 0 Å². The summed E-state index contributed by atoms with van der Waals surface area (Å²) in [6.07, 6.45) is 1.83. The van der Waals surface area contributed by atoms with Crippen molar-refractivity contribution in [2.75, 3.05) is 27.9 Å². The Bertz CT molecular complexity index is 1450. The molecule has 0 saturated carbocycles. The molecule has 2 heterocycles. The molecule has 2 aromatic heterocycles. The molecule has 0 aliphatic carbocycles. The highest BCUT2D eigenvalue weighted by Gasteiger charge is 2.33. The van der Waals surface area contributed by atoms with Crippen LogP contribution in [-0.2, 0) is 33.6 Å². The van der Waals surface area contributed by atoms with E-state index in [0.717, 1.165) is 19.8 Å². The monoisotopic (exact) mass is 599 g/mol. The van der Waals surface area contributed by atoms with E-state index in [4.69, 9.17) is 13.9 Å². The van der Waals surface area contributed by atoms with E-state index < -0.39 is 48.4 Å². The normalized spacial score (nSPS) is 12.1. The summed E-state index contributed by atoms with van der Waals surface area (Å²) < 4.78 is 21.1. The summed E-state index contributed by atoms with van der Waals surface area (Å²) in [5, 5.41) is 23.2. The fraction of sp³-hybridized carbons (Fsp3) is 0.393. The SMILES string of the molecule is COC(=O)c1cn(C[C@@H](Cc2ccccc2)NC(=O)N[C@H](CO)CCc2oc(C(C)=O)c(C(=O)OC)c2C(=O)OC)nn1. The zero-order chi connectivity index (χ0) is 31.5. The Hall–Kier alpha value is -5.05. The highest BCUT2D eigenvalue weighted by atomic mass is 16.5. The van der Waals surface area contributed by atoms with E-state index in [2.05, 4.69) is 25.7 Å². The van der Waals surface area contributed by atoms with Crippen molar-refractivity contribution in [3.63, 3.8) is 0 Å². The van der Waals surface area contributed by atoms with Gasteiger partial charge in [0.25, 0.3) is 0 Å². The molecule has 230 valence electrons. The lowest BCUT2D eigenvalue weighted by Crippen LogP contribution is -2.49. The van der Waals surface area contributed by atoms with Gasteiger partial charge in [-0.15, -0.1) is 5.10 Å². The first-order chi connectivity index (χ1) is 20.6. The number of ether oxygens (including phenoxy) is 3. The maximum atomic E-state index is 13.0. The van der Waals surface area contributed by atoms with E-state index in [9.17, 15) is 29.1 Å². The Morgan fingerprint density at radius 1 is 0.930 bits per heavy atom. The van der Waals surface area contributed by atoms with Crippen LogP contribution in [0.4, 0.5) is 4.79 Å². The minimum Gasteiger partial charge on any atom is -0.465 e. The number of furan rings is 1. The molecule has 15 heteroatoms. The molecule has 0 bridgehead atoms. The lowest BCUT2D eigenvalue weighted by atomic mass is 10.0. The van der Waals surface area contributed by atoms with Crippen LogP contribution >= 0.6 is 0 Å². The van der Waals surface area contributed by atoms with Gasteiger partial charge in [0.15, 0.2) is 17.2 Å². The molecule has 0 spiro atoms. The highest BCUT2D eigenvalue weighted by Crippen LogP contribution is 2.27. The number of methoxy groups -OCH3 is 3. The molecule has 2 atom stereocenters. The standard InChI is InChI=1S/C28H33N5O10/c1-16(35)24-23(27(38)42-4)22(26(37)41-3)21(43-24)11-10-18(15-34)29-28(39)30-19(12-17-8-6-5-7-9-17)13-33-14-20(31-32-33)25(36)40-2/h5-9,14,18-19,34H,10-13,15H2,1-4H3,(H2,29,30,39)/t18-,19+/m0/s1. The number of nitrogens with one attached hydrogen (secondary N) is 2. The maximum Gasteiger partial charge on any atom is 0.360 e. The first-order valence-corrected chi connectivity index (χ1v) is 13.1. The van der Waals surface area contributed by atoms with Gasteiger partial charge < -0.3 is 34.4 Å². The summed E-state index contributed by atoms with van der Waals surface area (Å²) in [5.74, 6) is -3.52. The summed E-state index contributed by atoms with van der Waals surface area (Å²) >= 11 is 0. The third-order valence-corrected chi connectivity index (χ3v) is 6.36. The predicted molar refractivity (Wildman–Crippen MR) is 148 cm³/mol. The Morgan fingerprint density at radius 2 is 1.56 bits per heavy atom. The van der Waals surface area contributed by atoms with Gasteiger partial charge in [-0.1, -0.05) is 35.5 Å². The lowest BCUT2D eigenvalue weighted by molar-refractivity contribution is 0.0554. The molecule has 0 unspecified atom stereocenters. The van der Waals surface area contributed by atoms with Crippen molar-refractivity contribution in [1.82, 2.24) is 25.6 Å². The van der Waals surface area contributed by atoms with Crippen molar-refractivity contribution < 1.29 is 47.7 Å². The van der Waals surface area contributed by atoms with Crippen molar-refractivity contribution >= 4 is 29.7 Å². The van der Waals surface area contributed by atoms with Gasteiger partial charge in [0, 0.05) is 13.3 Å². The number of benzene rings is 1. The number of ketones is 1. The van der Waals surface area contributed by atoms with E-state index in [1.54, 1.807) is 0 Å². The molecule has 43 heavy (non-hydrogen) atoms. The van der Waals surface area contributed by atoms with Crippen LogP contribution in [-0.4, -0.2) is 89.8 Å². The maximum absolute atomic E-state index is 13.0. The average Bonchev–Trinajstić information content (AvgIpc) is 3.63. The number of aliphatic hydroxyl groups excluding tert-OH is 1. The van der Waals surface area contributed by atoms with Crippen LogP contribution in [0.3, 0.4) is 0 Å². The van der Waals surface area contributed by atoms with E-state index in [1.807, 2.05) is 30.3 Å². The second-order valence-corrected chi connectivity index (χ2v) is 9.38. The largest absolute Gasteiger partial charge is 0.465 e. The van der Waals surface area contributed by atoms with Crippen LogP contribution in [0, 0.1) is 0 Å².